The zero-order valence-corrected chi connectivity index (χ0v) is 12.7. The number of amides is 1. The Hall–Kier alpha value is -2.80. The van der Waals surface area contributed by atoms with E-state index in [-0.39, 0.29) is 17.2 Å². The van der Waals surface area contributed by atoms with Gasteiger partial charge in [-0.2, -0.15) is 5.10 Å². The monoisotopic (exact) mass is 329 g/mol. The molecule has 0 spiro atoms. The topological polar surface area (TPSA) is 63.5 Å². The van der Waals surface area contributed by atoms with Crippen LogP contribution in [0.2, 0.25) is 0 Å². The number of carbonyl (C=O) groups excluding carboxylic acids is 1. The van der Waals surface area contributed by atoms with Crippen LogP contribution in [-0.2, 0) is 11.3 Å². The van der Waals surface area contributed by atoms with Crippen LogP contribution < -0.4 is 10.3 Å². The van der Waals surface area contributed by atoms with Crippen LogP contribution in [0.5, 0.6) is 0 Å². The van der Waals surface area contributed by atoms with Crippen LogP contribution in [0.1, 0.15) is 5.56 Å². The smallest absolute Gasteiger partial charge is 0.289 e. The van der Waals surface area contributed by atoms with Crippen molar-refractivity contribution in [1.29, 1.82) is 0 Å². The highest BCUT2D eigenvalue weighted by Crippen LogP contribution is 2.15. The Kier molecular flexibility index (Phi) is 4.29. The van der Waals surface area contributed by atoms with Crippen LogP contribution in [0.25, 0.3) is 10.2 Å². The van der Waals surface area contributed by atoms with Crippen molar-refractivity contribution in [2.75, 3.05) is 0 Å². The molecule has 7 heteroatoms. The van der Waals surface area contributed by atoms with Crippen LogP contribution in [0.4, 0.5) is 4.39 Å². The molecule has 0 saturated heterocycles. The largest absolute Gasteiger partial charge is 0.308 e. The van der Waals surface area contributed by atoms with Crippen molar-refractivity contribution < 1.29 is 9.18 Å². The fourth-order valence-corrected chi connectivity index (χ4v) is 2.96. The molecule has 0 bridgehead atoms. The molecule has 0 atom stereocenters. The lowest BCUT2D eigenvalue weighted by molar-refractivity contribution is -0.121. The zero-order chi connectivity index (χ0) is 16.2. The summed E-state index contributed by atoms with van der Waals surface area (Å²) in [4.78, 5) is 23.6. The summed E-state index contributed by atoms with van der Waals surface area (Å²) in [5.74, 6) is -0.746. The molecule has 0 aliphatic heterocycles. The van der Waals surface area contributed by atoms with Gasteiger partial charge in [0, 0.05) is 0 Å². The van der Waals surface area contributed by atoms with Gasteiger partial charge in [-0.3, -0.25) is 14.2 Å². The molecule has 0 aliphatic carbocycles. The van der Waals surface area contributed by atoms with E-state index in [1.54, 1.807) is 18.2 Å². The van der Waals surface area contributed by atoms with Crippen LogP contribution in [-0.4, -0.2) is 16.7 Å². The van der Waals surface area contributed by atoms with E-state index in [4.69, 9.17) is 0 Å². The molecule has 2 aromatic carbocycles. The number of nitrogens with one attached hydrogen (secondary N) is 1. The highest BCUT2D eigenvalue weighted by molar-refractivity contribution is 7.16. The molecular weight excluding hydrogens is 317 g/mol. The Morgan fingerprint density at radius 3 is 2.74 bits per heavy atom. The Balaban J connectivity index is 1.68. The lowest BCUT2D eigenvalue weighted by Gasteiger charge is -2.02. The predicted molar refractivity (Wildman–Crippen MR) is 88.2 cm³/mol. The second-order valence-electron chi connectivity index (χ2n) is 4.77. The first-order valence-electron chi connectivity index (χ1n) is 6.79. The number of hydrogen-bond donors (Lipinski definition) is 1. The first kappa shape index (κ1) is 15.1. The zero-order valence-electron chi connectivity index (χ0n) is 11.9. The summed E-state index contributed by atoms with van der Waals surface area (Å²) in [5, 5.41) is 3.80. The fourth-order valence-electron chi connectivity index (χ4n) is 2.07. The van der Waals surface area contributed by atoms with Crippen LogP contribution in [0.15, 0.2) is 58.4 Å². The molecule has 116 valence electrons. The average Bonchev–Trinajstić information content (AvgIpc) is 2.85. The molecule has 0 radical (unpaired) electrons. The summed E-state index contributed by atoms with van der Waals surface area (Å²) >= 11 is 1.10. The van der Waals surface area contributed by atoms with E-state index >= 15 is 0 Å². The minimum atomic E-state index is -0.408. The van der Waals surface area contributed by atoms with E-state index in [9.17, 15) is 14.0 Å². The second kappa shape index (κ2) is 6.53. The van der Waals surface area contributed by atoms with E-state index in [0.717, 1.165) is 21.6 Å². The third-order valence-corrected chi connectivity index (χ3v) is 4.11. The molecule has 1 aromatic heterocycles. The van der Waals surface area contributed by atoms with Crippen molar-refractivity contribution >= 4 is 33.7 Å². The Bertz CT molecular complexity index is 928. The van der Waals surface area contributed by atoms with E-state index in [1.807, 2.05) is 18.2 Å². The van der Waals surface area contributed by atoms with E-state index in [2.05, 4.69) is 10.5 Å². The molecule has 1 N–H and O–H groups in total. The van der Waals surface area contributed by atoms with E-state index in [1.165, 1.54) is 22.9 Å². The summed E-state index contributed by atoms with van der Waals surface area (Å²) in [6.45, 7) is -0.108. The van der Waals surface area contributed by atoms with Gasteiger partial charge < -0.3 is 0 Å². The number of carbonyl (C=O) groups is 1. The predicted octanol–water partition coefficient (Wildman–Crippen LogP) is 2.35. The maximum Gasteiger partial charge on any atom is 0.308 e. The molecule has 1 heterocycles. The van der Waals surface area contributed by atoms with Gasteiger partial charge in [0.25, 0.3) is 5.91 Å². The van der Waals surface area contributed by atoms with Crippen molar-refractivity contribution in [3.8, 4) is 0 Å². The molecule has 3 rings (SSSR count). The Labute approximate surface area is 134 Å². The number of halogens is 1. The molecule has 0 saturated carbocycles. The van der Waals surface area contributed by atoms with E-state index in [0.29, 0.717) is 5.56 Å². The molecule has 23 heavy (non-hydrogen) atoms. The minimum Gasteiger partial charge on any atom is -0.289 e. The van der Waals surface area contributed by atoms with Crippen molar-refractivity contribution in [1.82, 2.24) is 9.99 Å². The summed E-state index contributed by atoms with van der Waals surface area (Å²) in [6.07, 6.45) is 1.41. The number of fused-ring (bicyclic) bond motifs is 1. The van der Waals surface area contributed by atoms with Crippen molar-refractivity contribution in [3.05, 3.63) is 69.6 Å². The van der Waals surface area contributed by atoms with Crippen LogP contribution in [0.3, 0.4) is 0 Å². The molecule has 3 aromatic rings. The maximum absolute atomic E-state index is 12.8. The lowest BCUT2D eigenvalue weighted by Crippen LogP contribution is -2.27. The third kappa shape index (κ3) is 3.51. The van der Waals surface area contributed by atoms with Gasteiger partial charge in [-0.1, -0.05) is 35.6 Å². The average molecular weight is 329 g/mol. The van der Waals surface area contributed by atoms with Crippen LogP contribution in [0, 0.1) is 5.82 Å². The number of nitrogens with zero attached hydrogens (tertiary/aromatic N) is 2. The minimum absolute atomic E-state index is 0.108. The van der Waals surface area contributed by atoms with Crippen molar-refractivity contribution in [2.45, 2.75) is 6.54 Å². The number of benzene rings is 2. The van der Waals surface area contributed by atoms with Crippen LogP contribution >= 0.6 is 11.3 Å². The number of thiazole rings is 1. The highest BCUT2D eigenvalue weighted by atomic mass is 32.1. The molecule has 0 unspecified atom stereocenters. The van der Waals surface area contributed by atoms with E-state index < -0.39 is 5.91 Å². The van der Waals surface area contributed by atoms with Crippen molar-refractivity contribution in [2.24, 2.45) is 5.10 Å². The number of rotatable bonds is 4. The summed E-state index contributed by atoms with van der Waals surface area (Å²) in [7, 11) is 0. The van der Waals surface area contributed by atoms with Gasteiger partial charge in [-0.25, -0.2) is 9.82 Å². The molecule has 5 nitrogen and oxygen atoms in total. The standard InChI is InChI=1S/C16H12FN3O2S/c17-12-7-5-11(6-8-12)9-18-19-15(21)10-20-13-3-1-2-4-14(13)23-16(20)22/h1-9H,10H2,(H,19,21)/b18-9+. The Morgan fingerprint density at radius 1 is 1.22 bits per heavy atom. The van der Waals surface area contributed by atoms with Gasteiger partial charge in [0.2, 0.25) is 0 Å². The third-order valence-electron chi connectivity index (χ3n) is 3.15. The molecule has 0 aliphatic rings. The van der Waals surface area contributed by atoms with Gasteiger partial charge in [-0.15, -0.1) is 0 Å². The van der Waals surface area contributed by atoms with Gasteiger partial charge in [-0.05, 0) is 29.8 Å². The molecule has 0 fully saturated rings. The Morgan fingerprint density at radius 2 is 1.96 bits per heavy atom. The van der Waals surface area contributed by atoms with Gasteiger partial charge in [0.1, 0.15) is 12.4 Å². The second-order valence-corrected chi connectivity index (χ2v) is 5.76. The summed E-state index contributed by atoms with van der Waals surface area (Å²) < 4.78 is 15.0. The molecule has 1 amide bonds. The maximum atomic E-state index is 12.8. The number of hydrogen-bond acceptors (Lipinski definition) is 4. The van der Waals surface area contributed by atoms with Gasteiger partial charge in [0.05, 0.1) is 16.4 Å². The summed E-state index contributed by atoms with van der Waals surface area (Å²) in [5.41, 5.74) is 3.74. The number of aromatic nitrogens is 1. The molecular formula is C16H12FN3O2S. The van der Waals surface area contributed by atoms with Gasteiger partial charge >= 0.3 is 4.87 Å². The number of hydrazone groups is 1. The quantitative estimate of drug-likeness (QED) is 0.590. The SMILES string of the molecule is O=C(Cn1c(=O)sc2ccccc21)N/N=C/c1ccc(F)cc1. The highest BCUT2D eigenvalue weighted by Gasteiger charge is 2.10. The van der Waals surface area contributed by atoms with Crippen molar-refractivity contribution in [3.63, 3.8) is 0 Å². The van der Waals surface area contributed by atoms with Gasteiger partial charge in [0.15, 0.2) is 0 Å². The first-order chi connectivity index (χ1) is 11.1. The first-order valence-corrected chi connectivity index (χ1v) is 7.61. The lowest BCUT2D eigenvalue weighted by atomic mass is 10.2. The fraction of sp³-hybridized carbons (Fsp3) is 0.0625. The summed E-state index contributed by atoms with van der Waals surface area (Å²) in [6, 6.07) is 13.0. The number of para-hydroxylation sites is 1. The normalized spacial score (nSPS) is 11.2.